The highest BCUT2D eigenvalue weighted by atomic mass is 16.5. The van der Waals surface area contributed by atoms with Crippen LogP contribution in [0.15, 0.2) is 52.9 Å². The van der Waals surface area contributed by atoms with Crippen LogP contribution in [0, 0.1) is 0 Å². The Balaban J connectivity index is 1.79. The lowest BCUT2D eigenvalue weighted by atomic mass is 9.90. The number of hydroxylamine groups is 1. The van der Waals surface area contributed by atoms with E-state index in [0.717, 1.165) is 33.6 Å². The predicted octanol–water partition coefficient (Wildman–Crippen LogP) is 3.86. The fourth-order valence-corrected chi connectivity index (χ4v) is 3.20. The number of methoxy groups -OCH3 is 1. The molecule has 142 valence electrons. The van der Waals surface area contributed by atoms with Gasteiger partial charge in [-0.1, -0.05) is 24.3 Å². The molecule has 0 saturated heterocycles. The van der Waals surface area contributed by atoms with E-state index in [-0.39, 0.29) is 18.9 Å². The van der Waals surface area contributed by atoms with Crippen molar-refractivity contribution in [2.75, 3.05) is 13.7 Å². The zero-order valence-electron chi connectivity index (χ0n) is 15.1. The fraction of sp³-hybridized carbons (Fsp3) is 0.286. The summed E-state index contributed by atoms with van der Waals surface area (Å²) < 4.78 is 11.2. The van der Waals surface area contributed by atoms with Gasteiger partial charge < -0.3 is 14.3 Å². The minimum atomic E-state index is -0.424. The first kappa shape index (κ1) is 18.9. The zero-order chi connectivity index (χ0) is 19.2. The maximum Gasteiger partial charge on any atom is 0.243 e. The van der Waals surface area contributed by atoms with Gasteiger partial charge in [0.1, 0.15) is 17.1 Å². The first-order valence-electron chi connectivity index (χ1n) is 8.86. The number of carbonyl (C=O) groups excluding carboxylic acids is 1. The fourth-order valence-electron chi connectivity index (χ4n) is 3.20. The van der Waals surface area contributed by atoms with Gasteiger partial charge in [-0.15, -0.1) is 0 Å². The molecule has 0 spiro atoms. The topological polar surface area (TPSA) is 91.9 Å². The Morgan fingerprint density at radius 2 is 1.93 bits per heavy atom. The average molecular weight is 369 g/mol. The van der Waals surface area contributed by atoms with Crippen LogP contribution in [0.4, 0.5) is 0 Å². The van der Waals surface area contributed by atoms with Crippen molar-refractivity contribution in [2.45, 2.75) is 25.2 Å². The smallest absolute Gasteiger partial charge is 0.243 e. The van der Waals surface area contributed by atoms with Crippen LogP contribution in [0.2, 0.25) is 0 Å². The molecule has 1 heterocycles. The Bertz CT molecular complexity index is 901. The van der Waals surface area contributed by atoms with Crippen molar-refractivity contribution >= 4 is 16.9 Å². The lowest BCUT2D eigenvalue weighted by Crippen LogP contribution is -2.19. The second-order valence-electron chi connectivity index (χ2n) is 6.42. The summed E-state index contributed by atoms with van der Waals surface area (Å²) in [4.78, 5) is 11.3. The normalized spacial score (nSPS) is 12.1. The highest BCUT2D eigenvalue weighted by Crippen LogP contribution is 2.32. The molecule has 27 heavy (non-hydrogen) atoms. The van der Waals surface area contributed by atoms with Gasteiger partial charge in [-0.05, 0) is 48.6 Å². The number of rotatable bonds is 8. The van der Waals surface area contributed by atoms with Crippen LogP contribution in [-0.4, -0.2) is 29.9 Å². The van der Waals surface area contributed by atoms with E-state index in [9.17, 15) is 9.90 Å². The number of carbonyl (C=O) groups is 1. The number of benzene rings is 2. The highest BCUT2D eigenvalue weighted by molar-refractivity contribution is 5.84. The van der Waals surface area contributed by atoms with Crippen molar-refractivity contribution in [3.05, 3.63) is 54.1 Å². The van der Waals surface area contributed by atoms with Gasteiger partial charge in [0.25, 0.3) is 0 Å². The zero-order valence-corrected chi connectivity index (χ0v) is 15.1. The molecule has 2 aromatic carbocycles. The van der Waals surface area contributed by atoms with E-state index in [1.165, 1.54) is 0 Å². The van der Waals surface area contributed by atoms with Crippen LogP contribution in [0.25, 0.3) is 22.3 Å². The molecule has 0 aliphatic heterocycles. The second-order valence-corrected chi connectivity index (χ2v) is 6.42. The lowest BCUT2D eigenvalue weighted by molar-refractivity contribution is -0.129. The van der Waals surface area contributed by atoms with E-state index in [4.69, 9.17) is 14.4 Å². The third-order valence-electron chi connectivity index (χ3n) is 4.71. The molecule has 0 saturated carbocycles. The third kappa shape index (κ3) is 4.48. The first-order chi connectivity index (χ1) is 13.1. The number of fused-ring (bicyclic) bond motifs is 1. The van der Waals surface area contributed by atoms with E-state index < -0.39 is 5.91 Å². The lowest BCUT2D eigenvalue weighted by Gasteiger charge is -2.16. The number of amides is 1. The summed E-state index contributed by atoms with van der Waals surface area (Å²) >= 11 is 0. The van der Waals surface area contributed by atoms with Crippen molar-refractivity contribution < 1.29 is 24.3 Å². The molecule has 1 unspecified atom stereocenters. The van der Waals surface area contributed by atoms with E-state index in [1.54, 1.807) is 12.6 Å². The monoisotopic (exact) mass is 369 g/mol. The van der Waals surface area contributed by atoms with Crippen molar-refractivity contribution in [2.24, 2.45) is 0 Å². The summed E-state index contributed by atoms with van der Waals surface area (Å²) in [5, 5.41) is 18.9. The van der Waals surface area contributed by atoms with Gasteiger partial charge in [0.05, 0.1) is 7.11 Å². The van der Waals surface area contributed by atoms with E-state index in [0.29, 0.717) is 12.8 Å². The van der Waals surface area contributed by atoms with Gasteiger partial charge in [0.2, 0.25) is 5.91 Å². The largest absolute Gasteiger partial charge is 0.497 e. The van der Waals surface area contributed by atoms with E-state index in [1.807, 2.05) is 48.5 Å². The van der Waals surface area contributed by atoms with Gasteiger partial charge in [0, 0.05) is 24.0 Å². The number of furan rings is 1. The number of aliphatic hydroxyl groups excluding tert-OH is 1. The van der Waals surface area contributed by atoms with Crippen LogP contribution < -0.4 is 10.2 Å². The standard InChI is InChI=1S/C21H23NO5/c1-26-18-7-8-19-17(12-18)13-20(27-19)16-4-2-14(3-5-16)15(10-11-23)6-9-21(24)22-25/h2-5,7-8,12-13,15,23,25H,6,9-11H2,1H3,(H,22,24). The summed E-state index contributed by atoms with van der Waals surface area (Å²) in [5.74, 6) is 1.17. The molecule has 0 bridgehead atoms. The van der Waals surface area contributed by atoms with Gasteiger partial charge in [-0.3, -0.25) is 10.0 Å². The predicted molar refractivity (Wildman–Crippen MR) is 102 cm³/mol. The van der Waals surface area contributed by atoms with Gasteiger partial charge in [-0.2, -0.15) is 0 Å². The molecule has 1 atom stereocenters. The van der Waals surface area contributed by atoms with Crippen molar-refractivity contribution in [3.63, 3.8) is 0 Å². The molecule has 6 heteroatoms. The van der Waals surface area contributed by atoms with E-state index >= 15 is 0 Å². The van der Waals surface area contributed by atoms with Crippen LogP contribution in [-0.2, 0) is 4.79 Å². The summed E-state index contributed by atoms with van der Waals surface area (Å²) in [7, 11) is 1.63. The summed E-state index contributed by atoms with van der Waals surface area (Å²) in [6, 6.07) is 15.6. The Morgan fingerprint density at radius 1 is 1.15 bits per heavy atom. The summed E-state index contributed by atoms with van der Waals surface area (Å²) in [6.45, 7) is 0.0402. The molecule has 3 N–H and O–H groups in total. The number of nitrogens with one attached hydrogen (secondary N) is 1. The Labute approximate surface area is 157 Å². The average Bonchev–Trinajstić information content (AvgIpc) is 3.14. The Hall–Kier alpha value is -2.83. The van der Waals surface area contributed by atoms with Crippen molar-refractivity contribution in [3.8, 4) is 17.1 Å². The summed E-state index contributed by atoms with van der Waals surface area (Å²) in [5.41, 5.74) is 4.42. The van der Waals surface area contributed by atoms with Gasteiger partial charge in [-0.25, -0.2) is 5.48 Å². The number of hydrogen-bond donors (Lipinski definition) is 3. The van der Waals surface area contributed by atoms with Crippen LogP contribution in [0.3, 0.4) is 0 Å². The molecule has 0 fully saturated rings. The molecule has 0 aliphatic carbocycles. The van der Waals surface area contributed by atoms with Gasteiger partial charge >= 0.3 is 0 Å². The molecule has 3 aromatic rings. The molecule has 1 amide bonds. The van der Waals surface area contributed by atoms with Crippen molar-refractivity contribution in [1.29, 1.82) is 0 Å². The quantitative estimate of drug-likeness (QED) is 0.414. The highest BCUT2D eigenvalue weighted by Gasteiger charge is 2.14. The van der Waals surface area contributed by atoms with E-state index in [2.05, 4.69) is 0 Å². The van der Waals surface area contributed by atoms with Crippen molar-refractivity contribution in [1.82, 2.24) is 5.48 Å². The Kier molecular flexibility index (Phi) is 6.11. The molecule has 0 aliphatic rings. The van der Waals surface area contributed by atoms with Crippen LogP contribution in [0.1, 0.15) is 30.7 Å². The molecule has 1 aromatic heterocycles. The van der Waals surface area contributed by atoms with Gasteiger partial charge in [0.15, 0.2) is 0 Å². The molecule has 0 radical (unpaired) electrons. The van der Waals surface area contributed by atoms with Crippen LogP contribution >= 0.6 is 0 Å². The maximum atomic E-state index is 11.3. The maximum absolute atomic E-state index is 11.3. The molecular formula is C21H23NO5. The molecule has 6 nitrogen and oxygen atoms in total. The SMILES string of the molecule is COc1ccc2oc(-c3ccc(C(CCO)CCC(=O)NO)cc3)cc2c1. The molecule has 3 rings (SSSR count). The number of hydrogen-bond acceptors (Lipinski definition) is 5. The number of aliphatic hydroxyl groups is 1. The minimum absolute atomic E-state index is 0.0402. The number of ether oxygens (including phenoxy) is 1. The Morgan fingerprint density at radius 3 is 2.59 bits per heavy atom. The second kappa shape index (κ2) is 8.70. The first-order valence-corrected chi connectivity index (χ1v) is 8.86. The third-order valence-corrected chi connectivity index (χ3v) is 4.71. The molecular weight excluding hydrogens is 346 g/mol. The van der Waals surface area contributed by atoms with Crippen LogP contribution in [0.5, 0.6) is 5.75 Å². The summed E-state index contributed by atoms with van der Waals surface area (Å²) in [6.07, 6.45) is 1.31. The minimum Gasteiger partial charge on any atom is -0.497 e.